The third-order valence-electron chi connectivity index (χ3n) is 6.14. The van der Waals surface area contributed by atoms with Gasteiger partial charge in [-0.25, -0.2) is 4.98 Å². The summed E-state index contributed by atoms with van der Waals surface area (Å²) < 4.78 is 0. The van der Waals surface area contributed by atoms with Crippen LogP contribution in [0.5, 0.6) is 0 Å². The molecule has 1 aliphatic heterocycles. The number of carbonyl (C=O) groups excluding carboxylic acids is 1. The molecule has 0 unspecified atom stereocenters. The largest absolute Gasteiger partial charge is 0.336 e. The molecular formula is C25H28N2O. The lowest BCUT2D eigenvalue weighted by Crippen LogP contribution is -2.42. The fraction of sp³-hybridized carbons (Fsp3) is 0.360. The van der Waals surface area contributed by atoms with Crippen LogP contribution in [0.3, 0.4) is 0 Å². The van der Waals surface area contributed by atoms with Gasteiger partial charge in [0.15, 0.2) is 0 Å². The fourth-order valence-corrected chi connectivity index (χ4v) is 4.17. The number of piperidine rings is 1. The zero-order valence-corrected chi connectivity index (χ0v) is 17.2. The highest BCUT2D eigenvalue weighted by Gasteiger charge is 2.26. The van der Waals surface area contributed by atoms with Gasteiger partial charge in [0.1, 0.15) is 0 Å². The van der Waals surface area contributed by atoms with Crippen LogP contribution in [0.2, 0.25) is 0 Å². The standard InChI is InChI=1S/C25H28N2O/c1-16-11-12-20(14-18(16)3)23-15-22(21-10-7-8-17(2)24(21)26-23)25(28)27-13-6-5-9-19(27)4/h7-8,10-12,14-15,19H,5-6,9,13H2,1-4H3/t19-/m1/s1. The summed E-state index contributed by atoms with van der Waals surface area (Å²) in [5.41, 5.74) is 7.23. The molecular weight excluding hydrogens is 344 g/mol. The minimum Gasteiger partial charge on any atom is -0.336 e. The number of aromatic nitrogens is 1. The Morgan fingerprint density at radius 3 is 2.57 bits per heavy atom. The van der Waals surface area contributed by atoms with E-state index in [-0.39, 0.29) is 5.91 Å². The maximum absolute atomic E-state index is 13.5. The van der Waals surface area contributed by atoms with E-state index in [0.717, 1.165) is 52.7 Å². The Morgan fingerprint density at radius 1 is 1.00 bits per heavy atom. The van der Waals surface area contributed by atoms with Gasteiger partial charge in [-0.2, -0.15) is 0 Å². The molecule has 1 atom stereocenters. The third kappa shape index (κ3) is 3.30. The number of nitrogens with zero attached hydrogens (tertiary/aromatic N) is 2. The number of rotatable bonds is 2. The van der Waals surface area contributed by atoms with Gasteiger partial charge in [-0.1, -0.05) is 30.3 Å². The second-order valence-electron chi connectivity index (χ2n) is 8.17. The first-order valence-electron chi connectivity index (χ1n) is 10.2. The molecule has 3 nitrogen and oxygen atoms in total. The van der Waals surface area contributed by atoms with Crippen molar-refractivity contribution in [2.24, 2.45) is 0 Å². The summed E-state index contributed by atoms with van der Waals surface area (Å²) in [6.45, 7) is 9.30. The molecule has 1 fully saturated rings. The summed E-state index contributed by atoms with van der Waals surface area (Å²) in [7, 11) is 0. The van der Waals surface area contributed by atoms with E-state index in [1.165, 1.54) is 17.5 Å². The molecule has 3 heteroatoms. The van der Waals surface area contributed by atoms with Crippen molar-refractivity contribution in [3.8, 4) is 11.3 Å². The minimum atomic E-state index is 0.135. The van der Waals surface area contributed by atoms with Gasteiger partial charge >= 0.3 is 0 Å². The van der Waals surface area contributed by atoms with Crippen molar-refractivity contribution < 1.29 is 4.79 Å². The summed E-state index contributed by atoms with van der Waals surface area (Å²) in [6, 6.07) is 14.8. The normalized spacial score (nSPS) is 17.1. The molecule has 3 aromatic rings. The molecule has 0 spiro atoms. The van der Waals surface area contributed by atoms with Gasteiger partial charge in [0, 0.05) is 23.5 Å². The molecule has 4 rings (SSSR count). The van der Waals surface area contributed by atoms with Crippen molar-refractivity contribution in [1.29, 1.82) is 0 Å². The predicted molar refractivity (Wildman–Crippen MR) is 116 cm³/mol. The number of hydrogen-bond donors (Lipinski definition) is 0. The number of likely N-dealkylation sites (tertiary alicyclic amines) is 1. The first-order valence-corrected chi connectivity index (χ1v) is 10.2. The van der Waals surface area contributed by atoms with Gasteiger partial charge in [0.05, 0.1) is 16.8 Å². The van der Waals surface area contributed by atoms with E-state index in [0.29, 0.717) is 6.04 Å². The maximum atomic E-state index is 13.5. The van der Waals surface area contributed by atoms with Crippen molar-refractivity contribution in [3.63, 3.8) is 0 Å². The van der Waals surface area contributed by atoms with Crippen LogP contribution >= 0.6 is 0 Å². The van der Waals surface area contributed by atoms with E-state index in [4.69, 9.17) is 4.98 Å². The molecule has 0 aliphatic carbocycles. The van der Waals surface area contributed by atoms with Crippen molar-refractivity contribution in [3.05, 3.63) is 64.7 Å². The molecule has 0 radical (unpaired) electrons. The SMILES string of the molecule is Cc1ccc(-c2cc(C(=O)N3CCCC[C@H]3C)c3cccc(C)c3n2)cc1C. The average molecular weight is 373 g/mol. The first-order chi connectivity index (χ1) is 13.5. The second-order valence-corrected chi connectivity index (χ2v) is 8.17. The molecule has 2 heterocycles. The number of carbonyl (C=O) groups is 1. The van der Waals surface area contributed by atoms with E-state index in [2.05, 4.69) is 52.0 Å². The summed E-state index contributed by atoms with van der Waals surface area (Å²) in [4.78, 5) is 20.5. The van der Waals surface area contributed by atoms with Crippen LogP contribution in [0, 0.1) is 20.8 Å². The fourth-order valence-electron chi connectivity index (χ4n) is 4.17. The summed E-state index contributed by atoms with van der Waals surface area (Å²) >= 11 is 0. The highest BCUT2D eigenvalue weighted by Crippen LogP contribution is 2.30. The highest BCUT2D eigenvalue weighted by molar-refractivity contribution is 6.08. The van der Waals surface area contributed by atoms with Crippen LogP contribution in [0.15, 0.2) is 42.5 Å². The molecule has 0 N–H and O–H groups in total. The smallest absolute Gasteiger partial charge is 0.254 e. The van der Waals surface area contributed by atoms with Crippen molar-refractivity contribution in [1.82, 2.24) is 9.88 Å². The Morgan fingerprint density at radius 2 is 1.82 bits per heavy atom. The van der Waals surface area contributed by atoms with Crippen LogP contribution in [-0.2, 0) is 0 Å². The van der Waals surface area contributed by atoms with Gasteiger partial charge in [-0.3, -0.25) is 4.79 Å². The third-order valence-corrected chi connectivity index (χ3v) is 6.14. The lowest BCUT2D eigenvalue weighted by atomic mass is 9.97. The van der Waals surface area contributed by atoms with E-state index in [9.17, 15) is 4.79 Å². The molecule has 1 amide bonds. The quantitative estimate of drug-likeness (QED) is 0.566. The molecule has 1 saturated heterocycles. The second kappa shape index (κ2) is 7.38. The maximum Gasteiger partial charge on any atom is 0.254 e. The number of aryl methyl sites for hydroxylation is 3. The van der Waals surface area contributed by atoms with E-state index < -0.39 is 0 Å². The lowest BCUT2D eigenvalue weighted by Gasteiger charge is -2.33. The van der Waals surface area contributed by atoms with Crippen molar-refractivity contribution >= 4 is 16.8 Å². The Hall–Kier alpha value is -2.68. The van der Waals surface area contributed by atoms with Crippen molar-refractivity contribution in [2.45, 2.75) is 53.0 Å². The van der Waals surface area contributed by atoms with Gasteiger partial charge in [0.25, 0.3) is 5.91 Å². The van der Waals surface area contributed by atoms with E-state index >= 15 is 0 Å². The number of pyridine rings is 1. The first kappa shape index (κ1) is 18.7. The number of benzene rings is 2. The van der Waals surface area contributed by atoms with Crippen LogP contribution in [0.25, 0.3) is 22.2 Å². The predicted octanol–water partition coefficient (Wildman–Crippen LogP) is 5.84. The molecule has 0 saturated carbocycles. The van der Waals surface area contributed by atoms with Crippen LogP contribution < -0.4 is 0 Å². The zero-order chi connectivity index (χ0) is 19.8. The molecule has 0 bridgehead atoms. The van der Waals surface area contributed by atoms with Crippen molar-refractivity contribution in [2.75, 3.05) is 6.54 Å². The minimum absolute atomic E-state index is 0.135. The van der Waals surface area contributed by atoms with Gasteiger partial charge < -0.3 is 4.90 Å². The van der Waals surface area contributed by atoms with E-state index in [1.807, 2.05) is 23.1 Å². The molecule has 1 aromatic heterocycles. The highest BCUT2D eigenvalue weighted by atomic mass is 16.2. The zero-order valence-electron chi connectivity index (χ0n) is 17.2. The van der Waals surface area contributed by atoms with Crippen LogP contribution in [-0.4, -0.2) is 28.4 Å². The Kier molecular flexibility index (Phi) is 4.92. The number of fused-ring (bicyclic) bond motifs is 1. The number of para-hydroxylation sites is 1. The van der Waals surface area contributed by atoms with Crippen LogP contribution in [0.1, 0.15) is 53.2 Å². The average Bonchev–Trinajstić information content (AvgIpc) is 2.69. The van der Waals surface area contributed by atoms with Gasteiger partial charge in [-0.05, 0) is 75.8 Å². The van der Waals surface area contributed by atoms with Crippen LogP contribution in [0.4, 0.5) is 0 Å². The van der Waals surface area contributed by atoms with E-state index in [1.54, 1.807) is 0 Å². The molecule has 144 valence electrons. The number of hydrogen-bond acceptors (Lipinski definition) is 2. The van der Waals surface area contributed by atoms with Gasteiger partial charge in [-0.15, -0.1) is 0 Å². The number of amides is 1. The Bertz CT molecular complexity index is 1050. The Labute approximate surface area is 167 Å². The van der Waals surface area contributed by atoms with Gasteiger partial charge in [0.2, 0.25) is 0 Å². The summed E-state index contributed by atoms with van der Waals surface area (Å²) in [5.74, 6) is 0.135. The molecule has 1 aliphatic rings. The lowest BCUT2D eigenvalue weighted by molar-refractivity contribution is 0.0637. The Balaban J connectivity index is 1.90. The monoisotopic (exact) mass is 372 g/mol. The molecule has 28 heavy (non-hydrogen) atoms. The summed E-state index contributed by atoms with van der Waals surface area (Å²) in [5, 5.41) is 0.954. The topological polar surface area (TPSA) is 33.2 Å². The summed E-state index contributed by atoms with van der Waals surface area (Å²) in [6.07, 6.45) is 3.37. The molecule has 2 aromatic carbocycles.